The van der Waals surface area contributed by atoms with Gasteiger partial charge in [-0.2, -0.15) is 0 Å². The largest absolute Gasteiger partial charge is 0.396 e. The van der Waals surface area contributed by atoms with E-state index >= 15 is 0 Å². The van der Waals surface area contributed by atoms with Crippen LogP contribution in [0.2, 0.25) is 0 Å². The fraction of sp³-hybridized carbons (Fsp3) is 0.364. The topological polar surface area (TPSA) is 58.9 Å². The van der Waals surface area contributed by atoms with Crippen LogP contribution in [0.1, 0.15) is 25.7 Å². The standard InChI is InChI=1S/C20H20O4.C2H6/c21-10-20(11-22)12-23-19(24-13-20)18-16-7-3-1-5-14(16)9-15-6-2-4-8-17(15)18;1-2/h1-9,19,21-22H,10-13H2;1-2H3. The van der Waals surface area contributed by atoms with E-state index in [4.69, 9.17) is 9.47 Å². The van der Waals surface area contributed by atoms with Gasteiger partial charge in [0.2, 0.25) is 0 Å². The van der Waals surface area contributed by atoms with E-state index in [1.165, 1.54) is 0 Å². The predicted octanol–water partition coefficient (Wildman–Crippen LogP) is 4.04. The lowest BCUT2D eigenvalue weighted by Gasteiger charge is -2.38. The first-order valence-electron chi connectivity index (χ1n) is 9.12. The van der Waals surface area contributed by atoms with E-state index in [-0.39, 0.29) is 26.4 Å². The van der Waals surface area contributed by atoms with E-state index in [0.29, 0.717) is 0 Å². The summed E-state index contributed by atoms with van der Waals surface area (Å²) in [6, 6.07) is 18.5. The second-order valence-electron chi connectivity index (χ2n) is 6.50. The van der Waals surface area contributed by atoms with Gasteiger partial charge >= 0.3 is 0 Å². The molecule has 4 nitrogen and oxygen atoms in total. The minimum atomic E-state index is -0.725. The quantitative estimate of drug-likeness (QED) is 0.697. The second kappa shape index (κ2) is 8.14. The first kappa shape index (κ1) is 18.8. The summed E-state index contributed by atoms with van der Waals surface area (Å²) in [7, 11) is 0. The Bertz CT molecular complexity index is 806. The van der Waals surface area contributed by atoms with Crippen LogP contribution in [0.5, 0.6) is 0 Å². The molecule has 0 atom stereocenters. The highest BCUT2D eigenvalue weighted by Crippen LogP contribution is 2.38. The van der Waals surface area contributed by atoms with Gasteiger partial charge in [0.15, 0.2) is 6.29 Å². The summed E-state index contributed by atoms with van der Waals surface area (Å²) in [6.45, 7) is 4.21. The van der Waals surface area contributed by atoms with Gasteiger partial charge in [-0.3, -0.25) is 0 Å². The van der Waals surface area contributed by atoms with Gasteiger partial charge in [0, 0.05) is 5.56 Å². The summed E-state index contributed by atoms with van der Waals surface area (Å²) in [5, 5.41) is 23.5. The fourth-order valence-corrected chi connectivity index (χ4v) is 3.30. The number of rotatable bonds is 3. The van der Waals surface area contributed by atoms with Crippen molar-refractivity contribution >= 4 is 21.5 Å². The second-order valence-corrected chi connectivity index (χ2v) is 6.50. The summed E-state index contributed by atoms with van der Waals surface area (Å²) in [5.41, 5.74) is 0.282. The summed E-state index contributed by atoms with van der Waals surface area (Å²) in [6.07, 6.45) is -0.507. The van der Waals surface area contributed by atoms with E-state index in [0.717, 1.165) is 27.1 Å². The van der Waals surface area contributed by atoms with E-state index in [1.807, 2.05) is 38.1 Å². The van der Waals surface area contributed by atoms with Crippen LogP contribution in [0.15, 0.2) is 54.6 Å². The Balaban J connectivity index is 0.000000948. The van der Waals surface area contributed by atoms with Crippen LogP contribution in [0.25, 0.3) is 21.5 Å². The van der Waals surface area contributed by atoms with Crippen molar-refractivity contribution in [2.45, 2.75) is 20.1 Å². The molecule has 1 heterocycles. The van der Waals surface area contributed by atoms with Crippen LogP contribution >= 0.6 is 0 Å². The maximum absolute atomic E-state index is 9.52. The number of benzene rings is 3. The van der Waals surface area contributed by atoms with Crippen LogP contribution in [0.3, 0.4) is 0 Å². The Morgan fingerprint density at radius 1 is 0.846 bits per heavy atom. The normalized spacial score (nSPS) is 17.1. The average Bonchev–Trinajstić information content (AvgIpc) is 2.73. The van der Waals surface area contributed by atoms with Crippen LogP contribution in [-0.2, 0) is 9.47 Å². The molecule has 26 heavy (non-hydrogen) atoms. The van der Waals surface area contributed by atoms with Crippen molar-refractivity contribution in [3.63, 3.8) is 0 Å². The van der Waals surface area contributed by atoms with Gasteiger partial charge < -0.3 is 19.7 Å². The fourth-order valence-electron chi connectivity index (χ4n) is 3.30. The molecule has 3 aromatic carbocycles. The zero-order valence-electron chi connectivity index (χ0n) is 15.3. The highest BCUT2D eigenvalue weighted by Gasteiger charge is 2.37. The van der Waals surface area contributed by atoms with Gasteiger partial charge in [0.05, 0.1) is 31.8 Å². The molecule has 4 heteroatoms. The highest BCUT2D eigenvalue weighted by atomic mass is 16.7. The first-order chi connectivity index (χ1) is 12.8. The molecule has 0 unspecified atom stereocenters. The molecule has 0 aromatic heterocycles. The third-order valence-corrected chi connectivity index (χ3v) is 4.80. The van der Waals surface area contributed by atoms with Gasteiger partial charge in [0.1, 0.15) is 0 Å². The van der Waals surface area contributed by atoms with E-state index < -0.39 is 11.7 Å². The van der Waals surface area contributed by atoms with Crippen LogP contribution < -0.4 is 0 Å². The minimum Gasteiger partial charge on any atom is -0.396 e. The Hall–Kier alpha value is -1.98. The number of aliphatic hydroxyl groups excluding tert-OH is 2. The number of hydrogen-bond acceptors (Lipinski definition) is 4. The molecule has 2 N–H and O–H groups in total. The van der Waals surface area contributed by atoms with Gasteiger partial charge in [-0.25, -0.2) is 0 Å². The van der Waals surface area contributed by atoms with Crippen molar-refractivity contribution in [1.82, 2.24) is 0 Å². The lowest BCUT2D eigenvalue weighted by molar-refractivity contribution is -0.247. The maximum atomic E-state index is 9.52. The van der Waals surface area contributed by atoms with Crippen molar-refractivity contribution in [2.24, 2.45) is 5.41 Å². The zero-order valence-corrected chi connectivity index (χ0v) is 15.3. The molecule has 0 amide bonds. The van der Waals surface area contributed by atoms with Gasteiger partial charge in [-0.05, 0) is 27.6 Å². The molecule has 3 aromatic rings. The van der Waals surface area contributed by atoms with Crippen LogP contribution in [0.4, 0.5) is 0 Å². The summed E-state index contributed by atoms with van der Waals surface area (Å²) in [4.78, 5) is 0. The van der Waals surface area contributed by atoms with E-state index in [9.17, 15) is 10.2 Å². The third kappa shape index (κ3) is 3.33. The summed E-state index contributed by atoms with van der Waals surface area (Å²) in [5.74, 6) is 0. The molecule has 0 radical (unpaired) electrons. The van der Waals surface area contributed by atoms with Gasteiger partial charge in [-0.1, -0.05) is 62.4 Å². The van der Waals surface area contributed by atoms with Crippen LogP contribution in [-0.4, -0.2) is 36.6 Å². The van der Waals surface area contributed by atoms with Crippen molar-refractivity contribution in [3.8, 4) is 0 Å². The van der Waals surface area contributed by atoms with E-state index in [1.54, 1.807) is 0 Å². The minimum absolute atomic E-state index is 0.160. The summed E-state index contributed by atoms with van der Waals surface area (Å²) < 4.78 is 11.9. The Kier molecular flexibility index (Phi) is 5.89. The molecule has 4 rings (SSSR count). The third-order valence-electron chi connectivity index (χ3n) is 4.80. The molecule has 138 valence electrons. The Morgan fingerprint density at radius 2 is 1.31 bits per heavy atom. The molecule has 0 aliphatic carbocycles. The lowest BCUT2D eigenvalue weighted by Crippen LogP contribution is -2.44. The molecule has 1 saturated heterocycles. The SMILES string of the molecule is CC.OCC1(CO)COC(c2c3ccccc3cc3ccccc23)OC1. The number of aliphatic hydroxyl groups is 2. The molecule has 1 aliphatic heterocycles. The van der Waals surface area contributed by atoms with Crippen molar-refractivity contribution in [3.05, 3.63) is 60.2 Å². The summed E-state index contributed by atoms with van der Waals surface area (Å²) >= 11 is 0. The van der Waals surface area contributed by atoms with Gasteiger partial charge in [-0.15, -0.1) is 0 Å². The van der Waals surface area contributed by atoms with Crippen molar-refractivity contribution in [2.75, 3.05) is 26.4 Å². The van der Waals surface area contributed by atoms with Gasteiger partial charge in [0.25, 0.3) is 0 Å². The molecule has 1 fully saturated rings. The Morgan fingerprint density at radius 3 is 1.77 bits per heavy atom. The first-order valence-corrected chi connectivity index (χ1v) is 9.12. The number of hydrogen-bond donors (Lipinski definition) is 2. The highest BCUT2D eigenvalue weighted by molar-refractivity contribution is 6.02. The molecular weight excluding hydrogens is 328 g/mol. The van der Waals surface area contributed by atoms with Crippen molar-refractivity contribution in [1.29, 1.82) is 0 Å². The lowest BCUT2D eigenvalue weighted by atomic mass is 9.90. The maximum Gasteiger partial charge on any atom is 0.185 e. The predicted molar refractivity (Wildman–Crippen MR) is 104 cm³/mol. The zero-order chi connectivity index (χ0) is 18.6. The molecule has 0 spiro atoms. The number of ether oxygens (including phenoxy) is 2. The molecule has 1 aliphatic rings. The number of fused-ring (bicyclic) bond motifs is 2. The molecule has 0 saturated carbocycles. The molecule has 0 bridgehead atoms. The van der Waals surface area contributed by atoms with E-state index in [2.05, 4.69) is 30.3 Å². The smallest absolute Gasteiger partial charge is 0.185 e. The monoisotopic (exact) mass is 354 g/mol. The average molecular weight is 354 g/mol. The van der Waals surface area contributed by atoms with Crippen molar-refractivity contribution < 1.29 is 19.7 Å². The Labute approximate surface area is 154 Å². The molecular formula is C22H26O4. The van der Waals surface area contributed by atoms with Crippen LogP contribution in [0, 0.1) is 5.41 Å².